The van der Waals surface area contributed by atoms with Gasteiger partial charge in [-0.1, -0.05) is 24.3 Å². The van der Waals surface area contributed by atoms with E-state index in [1.165, 1.54) is 0 Å². The fourth-order valence-electron chi connectivity index (χ4n) is 1.95. The van der Waals surface area contributed by atoms with Crippen LogP contribution in [0.5, 0.6) is 0 Å². The van der Waals surface area contributed by atoms with E-state index < -0.39 is 11.8 Å². The minimum absolute atomic E-state index is 0.271. The Bertz CT molecular complexity index is 634. The quantitative estimate of drug-likeness (QED) is 0.846. The monoisotopic (exact) mass is 283 g/mol. The van der Waals surface area contributed by atoms with Crippen molar-refractivity contribution in [1.29, 1.82) is 0 Å². The number of pyridine rings is 1. The van der Waals surface area contributed by atoms with Crippen molar-refractivity contribution in [2.24, 2.45) is 0 Å². The number of aryl methyl sites for hydroxylation is 2. The van der Waals surface area contributed by atoms with Gasteiger partial charge in [0.2, 0.25) is 0 Å². The summed E-state index contributed by atoms with van der Waals surface area (Å²) in [5, 5.41) is 5.21. The molecule has 2 N–H and O–H groups in total. The summed E-state index contributed by atoms with van der Waals surface area (Å²) in [6.07, 6.45) is 3.29. The molecule has 0 radical (unpaired) electrons. The lowest BCUT2D eigenvalue weighted by atomic mass is 10.1. The van der Waals surface area contributed by atoms with Crippen molar-refractivity contribution in [2.75, 3.05) is 5.32 Å². The molecule has 0 unspecified atom stereocenters. The van der Waals surface area contributed by atoms with Crippen LogP contribution in [0.3, 0.4) is 0 Å². The van der Waals surface area contributed by atoms with Gasteiger partial charge in [-0.15, -0.1) is 0 Å². The number of rotatable bonds is 3. The van der Waals surface area contributed by atoms with Crippen molar-refractivity contribution in [1.82, 2.24) is 10.3 Å². The first-order valence-corrected chi connectivity index (χ1v) is 6.62. The van der Waals surface area contributed by atoms with Crippen molar-refractivity contribution < 1.29 is 9.59 Å². The van der Waals surface area contributed by atoms with Crippen LogP contribution >= 0.6 is 0 Å². The number of hydrogen-bond donors (Lipinski definition) is 2. The first-order valence-electron chi connectivity index (χ1n) is 6.62. The summed E-state index contributed by atoms with van der Waals surface area (Å²) in [7, 11) is 0. The molecule has 108 valence electrons. The zero-order valence-electron chi connectivity index (χ0n) is 12.0. The maximum Gasteiger partial charge on any atom is 0.313 e. The highest BCUT2D eigenvalue weighted by Gasteiger charge is 2.15. The van der Waals surface area contributed by atoms with E-state index in [1.54, 1.807) is 18.5 Å². The molecular formula is C16H17N3O2. The van der Waals surface area contributed by atoms with E-state index in [4.69, 9.17) is 0 Å². The molecule has 2 aromatic rings. The van der Waals surface area contributed by atoms with Crippen LogP contribution in [-0.2, 0) is 16.1 Å². The number of carbonyl (C=O) groups is 2. The Morgan fingerprint density at radius 2 is 1.76 bits per heavy atom. The highest BCUT2D eigenvalue weighted by molar-refractivity contribution is 6.39. The third-order valence-corrected chi connectivity index (χ3v) is 3.10. The Morgan fingerprint density at radius 3 is 2.38 bits per heavy atom. The van der Waals surface area contributed by atoms with E-state index in [2.05, 4.69) is 15.6 Å². The molecule has 0 atom stereocenters. The van der Waals surface area contributed by atoms with Gasteiger partial charge in [0.15, 0.2) is 0 Å². The van der Waals surface area contributed by atoms with Crippen molar-refractivity contribution in [3.05, 3.63) is 59.4 Å². The minimum atomic E-state index is -0.670. The number of hydrogen-bond acceptors (Lipinski definition) is 3. The molecule has 0 aliphatic heterocycles. The molecule has 0 bridgehead atoms. The van der Waals surface area contributed by atoms with E-state index in [0.717, 1.165) is 16.7 Å². The lowest BCUT2D eigenvalue weighted by molar-refractivity contribution is -0.136. The number of nitrogens with zero attached hydrogens (tertiary/aromatic N) is 1. The Labute approximate surface area is 123 Å². The topological polar surface area (TPSA) is 71.1 Å². The number of aromatic nitrogens is 1. The lowest BCUT2D eigenvalue weighted by Crippen LogP contribution is -2.35. The highest BCUT2D eigenvalue weighted by Crippen LogP contribution is 2.19. The average Bonchev–Trinajstić information content (AvgIpc) is 2.49. The van der Waals surface area contributed by atoms with Gasteiger partial charge in [0.05, 0.1) is 0 Å². The van der Waals surface area contributed by atoms with Gasteiger partial charge in [0, 0.05) is 24.6 Å². The number of para-hydroxylation sites is 1. The van der Waals surface area contributed by atoms with Gasteiger partial charge in [-0.2, -0.15) is 0 Å². The Balaban J connectivity index is 1.96. The molecule has 0 aliphatic carbocycles. The molecule has 0 spiro atoms. The predicted octanol–water partition coefficient (Wildman–Crippen LogP) is 1.95. The van der Waals surface area contributed by atoms with Crippen LogP contribution in [0, 0.1) is 13.8 Å². The number of benzene rings is 1. The van der Waals surface area contributed by atoms with Gasteiger partial charge in [-0.05, 0) is 36.6 Å². The summed E-state index contributed by atoms with van der Waals surface area (Å²) >= 11 is 0. The van der Waals surface area contributed by atoms with E-state index in [0.29, 0.717) is 5.69 Å². The average molecular weight is 283 g/mol. The van der Waals surface area contributed by atoms with Gasteiger partial charge in [-0.3, -0.25) is 14.6 Å². The van der Waals surface area contributed by atoms with Crippen molar-refractivity contribution in [3.8, 4) is 0 Å². The van der Waals surface area contributed by atoms with Gasteiger partial charge < -0.3 is 10.6 Å². The highest BCUT2D eigenvalue weighted by atomic mass is 16.2. The maximum atomic E-state index is 11.9. The molecule has 1 aromatic carbocycles. The van der Waals surface area contributed by atoms with E-state index >= 15 is 0 Å². The maximum absolute atomic E-state index is 11.9. The smallest absolute Gasteiger partial charge is 0.313 e. The minimum Gasteiger partial charge on any atom is -0.344 e. The largest absolute Gasteiger partial charge is 0.344 e. The molecule has 0 saturated heterocycles. The zero-order valence-corrected chi connectivity index (χ0v) is 12.0. The second-order valence-electron chi connectivity index (χ2n) is 4.76. The Morgan fingerprint density at radius 1 is 1.05 bits per heavy atom. The Hall–Kier alpha value is -2.69. The number of carbonyl (C=O) groups excluding carboxylic acids is 2. The third-order valence-electron chi connectivity index (χ3n) is 3.10. The summed E-state index contributed by atoms with van der Waals surface area (Å²) in [6.45, 7) is 4.04. The van der Waals surface area contributed by atoms with Gasteiger partial charge in [0.1, 0.15) is 0 Å². The van der Waals surface area contributed by atoms with Gasteiger partial charge >= 0.3 is 11.8 Å². The first kappa shape index (κ1) is 14.7. The molecule has 5 heteroatoms. The van der Waals surface area contributed by atoms with Crippen LogP contribution in [0.1, 0.15) is 16.7 Å². The van der Waals surface area contributed by atoms with Gasteiger partial charge in [0.25, 0.3) is 0 Å². The molecule has 0 saturated carbocycles. The molecule has 5 nitrogen and oxygen atoms in total. The van der Waals surface area contributed by atoms with Crippen molar-refractivity contribution in [2.45, 2.75) is 20.4 Å². The van der Waals surface area contributed by atoms with Crippen LogP contribution < -0.4 is 10.6 Å². The molecule has 0 fully saturated rings. The number of amides is 2. The number of nitrogens with one attached hydrogen (secondary N) is 2. The second kappa shape index (κ2) is 6.65. The standard InChI is InChI=1S/C16H17N3O2/c1-11-5-3-6-12(2)14(11)19-16(21)15(20)18-10-13-7-4-8-17-9-13/h3-9H,10H2,1-2H3,(H,18,20)(H,19,21). The summed E-state index contributed by atoms with van der Waals surface area (Å²) in [4.78, 5) is 27.6. The SMILES string of the molecule is Cc1cccc(C)c1NC(=O)C(=O)NCc1cccnc1. The summed E-state index contributed by atoms with van der Waals surface area (Å²) in [5.41, 5.74) is 3.36. The van der Waals surface area contributed by atoms with Gasteiger partial charge in [-0.25, -0.2) is 0 Å². The van der Waals surface area contributed by atoms with Crippen molar-refractivity contribution in [3.63, 3.8) is 0 Å². The Kier molecular flexibility index (Phi) is 4.66. The predicted molar refractivity (Wildman–Crippen MR) is 80.6 cm³/mol. The summed E-state index contributed by atoms with van der Waals surface area (Å²) in [5.74, 6) is -1.34. The number of anilines is 1. The third kappa shape index (κ3) is 3.89. The lowest BCUT2D eigenvalue weighted by Gasteiger charge is -2.11. The van der Waals surface area contributed by atoms with E-state index in [9.17, 15) is 9.59 Å². The molecule has 2 amide bonds. The molecule has 1 heterocycles. The van der Waals surface area contributed by atoms with Crippen LogP contribution in [0.4, 0.5) is 5.69 Å². The van der Waals surface area contributed by atoms with Crippen LogP contribution in [0.15, 0.2) is 42.7 Å². The normalized spacial score (nSPS) is 10.0. The van der Waals surface area contributed by atoms with Crippen molar-refractivity contribution >= 4 is 17.5 Å². The fourth-order valence-corrected chi connectivity index (χ4v) is 1.95. The zero-order chi connectivity index (χ0) is 15.2. The molecule has 21 heavy (non-hydrogen) atoms. The molecule has 1 aromatic heterocycles. The fraction of sp³-hybridized carbons (Fsp3) is 0.188. The van der Waals surface area contributed by atoms with E-state index in [-0.39, 0.29) is 6.54 Å². The first-order chi connectivity index (χ1) is 10.1. The summed E-state index contributed by atoms with van der Waals surface area (Å²) in [6, 6.07) is 9.28. The molecule has 2 rings (SSSR count). The van der Waals surface area contributed by atoms with Crippen LogP contribution in [0.25, 0.3) is 0 Å². The summed E-state index contributed by atoms with van der Waals surface area (Å²) < 4.78 is 0. The van der Waals surface area contributed by atoms with Crippen LogP contribution in [-0.4, -0.2) is 16.8 Å². The second-order valence-corrected chi connectivity index (χ2v) is 4.76. The van der Waals surface area contributed by atoms with Crippen LogP contribution in [0.2, 0.25) is 0 Å². The molecule has 0 aliphatic rings. The molecular weight excluding hydrogens is 266 g/mol. The van der Waals surface area contributed by atoms with E-state index in [1.807, 2.05) is 38.1 Å².